The number of allylic oxidation sites excluding steroid dienone is 1. The number of hydrogen-bond acceptors (Lipinski definition) is 6. The molecule has 3 aliphatic rings. The van der Waals surface area contributed by atoms with Crippen LogP contribution in [0.5, 0.6) is 0 Å². The molecule has 3 heterocycles. The van der Waals surface area contributed by atoms with Crippen molar-refractivity contribution in [3.05, 3.63) is 45.9 Å². The largest absolute Gasteiger partial charge is 0.416 e. The fourth-order valence-corrected chi connectivity index (χ4v) is 4.98. The van der Waals surface area contributed by atoms with Crippen LogP contribution in [0, 0.1) is 5.92 Å². The molecule has 6 nitrogen and oxygen atoms in total. The van der Waals surface area contributed by atoms with Crippen LogP contribution < -0.4 is 5.32 Å². The van der Waals surface area contributed by atoms with Crippen molar-refractivity contribution in [3.63, 3.8) is 0 Å². The lowest BCUT2D eigenvalue weighted by Gasteiger charge is -2.31. The minimum absolute atomic E-state index is 0.0694. The molecular weight excluding hydrogens is 462 g/mol. The standard InChI is InChI=1S/C22H25F4N3O3S/c23-9-15-8-16(22(24,25)26)2-1-14(15)10-29-5-3-13(4-6-29)7-19-20(28-21(31)33-19)27-17-11-32-12-18(17)30/h1-2,7-8,13,17-18,30H,3-6,9-12H2,(H,27,28,31)/b19-7-/t17-,18-/m1/s1. The number of hydrogen-bond donors (Lipinski definition) is 2. The topological polar surface area (TPSA) is 74.2 Å². The highest BCUT2D eigenvalue weighted by Crippen LogP contribution is 2.33. The number of rotatable bonds is 5. The fraction of sp³-hybridized carbons (Fsp3) is 0.545. The van der Waals surface area contributed by atoms with Gasteiger partial charge in [-0.1, -0.05) is 12.1 Å². The molecule has 0 aromatic heterocycles. The molecule has 3 fully saturated rings. The minimum atomic E-state index is -4.49. The van der Waals surface area contributed by atoms with Gasteiger partial charge >= 0.3 is 6.18 Å². The van der Waals surface area contributed by atoms with Gasteiger partial charge in [-0.15, -0.1) is 0 Å². The molecule has 180 valence electrons. The first-order chi connectivity index (χ1) is 15.7. The van der Waals surface area contributed by atoms with Crippen molar-refractivity contribution in [2.75, 3.05) is 26.3 Å². The summed E-state index contributed by atoms with van der Waals surface area (Å²) in [5, 5.41) is 12.4. The van der Waals surface area contributed by atoms with Crippen LogP contribution in [-0.4, -0.2) is 59.5 Å². The number of benzene rings is 1. The van der Waals surface area contributed by atoms with E-state index in [0.717, 1.165) is 41.6 Å². The first-order valence-corrected chi connectivity index (χ1v) is 11.6. The Bertz CT molecular complexity index is 945. The van der Waals surface area contributed by atoms with Gasteiger partial charge in [0.15, 0.2) is 0 Å². The molecule has 0 unspecified atom stereocenters. The second-order valence-electron chi connectivity index (χ2n) is 8.42. The number of nitrogens with zero attached hydrogens (tertiary/aromatic N) is 2. The van der Waals surface area contributed by atoms with Crippen LogP contribution in [0.25, 0.3) is 0 Å². The van der Waals surface area contributed by atoms with Gasteiger partial charge in [-0.25, -0.2) is 4.39 Å². The lowest BCUT2D eigenvalue weighted by atomic mass is 9.95. The Labute approximate surface area is 193 Å². The summed E-state index contributed by atoms with van der Waals surface area (Å²) in [6.07, 6.45) is -1.57. The summed E-state index contributed by atoms with van der Waals surface area (Å²) >= 11 is 1.07. The van der Waals surface area contributed by atoms with E-state index < -0.39 is 30.6 Å². The number of amides is 1. The van der Waals surface area contributed by atoms with Crippen LogP contribution in [0.2, 0.25) is 0 Å². The predicted octanol–water partition coefficient (Wildman–Crippen LogP) is 3.89. The SMILES string of the molecule is O=C1NC(=N[C@@H]2COC[C@H]2O)/C(=C/C2CCN(Cc3ccc(C(F)(F)F)cc3CF)CC2)S1. The minimum Gasteiger partial charge on any atom is -0.388 e. The number of alkyl halides is 4. The number of carbonyl (C=O) groups is 1. The molecule has 1 aromatic rings. The van der Waals surface area contributed by atoms with E-state index >= 15 is 0 Å². The number of aliphatic hydroxyl groups is 1. The highest BCUT2D eigenvalue weighted by atomic mass is 32.2. The molecule has 2 atom stereocenters. The van der Waals surface area contributed by atoms with Crippen molar-refractivity contribution in [1.29, 1.82) is 0 Å². The van der Waals surface area contributed by atoms with E-state index in [1.807, 2.05) is 6.08 Å². The average molecular weight is 488 g/mol. The van der Waals surface area contributed by atoms with Crippen LogP contribution in [-0.2, 0) is 24.1 Å². The molecule has 0 aliphatic carbocycles. The number of aliphatic imine (C=N–C) groups is 1. The van der Waals surface area contributed by atoms with Crippen molar-refractivity contribution in [1.82, 2.24) is 10.2 Å². The summed E-state index contributed by atoms with van der Waals surface area (Å²) in [5.74, 6) is 0.666. The van der Waals surface area contributed by atoms with Gasteiger partial charge in [0, 0.05) is 6.54 Å². The zero-order valence-electron chi connectivity index (χ0n) is 17.8. The number of amidine groups is 1. The van der Waals surface area contributed by atoms with E-state index in [2.05, 4.69) is 15.2 Å². The Balaban J connectivity index is 1.37. The number of ether oxygens (including phenoxy) is 1. The lowest BCUT2D eigenvalue weighted by Crippen LogP contribution is -2.33. The molecule has 4 rings (SSSR count). The first kappa shape index (κ1) is 24.2. The van der Waals surface area contributed by atoms with E-state index in [1.54, 1.807) is 0 Å². The molecule has 0 radical (unpaired) electrons. The van der Waals surface area contributed by atoms with E-state index in [9.17, 15) is 27.5 Å². The Hall–Kier alpha value is -1.95. The first-order valence-electron chi connectivity index (χ1n) is 10.7. The number of likely N-dealkylation sites (tertiary alicyclic amines) is 1. The second kappa shape index (κ2) is 10.1. The molecule has 11 heteroatoms. The van der Waals surface area contributed by atoms with Crippen LogP contribution in [0.1, 0.15) is 29.5 Å². The van der Waals surface area contributed by atoms with Crippen LogP contribution in [0.15, 0.2) is 34.2 Å². The molecule has 0 bridgehead atoms. The number of nitrogens with one attached hydrogen (secondary N) is 1. The number of halogens is 4. The average Bonchev–Trinajstić information content (AvgIpc) is 3.33. The molecule has 3 aliphatic heterocycles. The normalized spacial score (nSPS) is 27.6. The smallest absolute Gasteiger partial charge is 0.388 e. The van der Waals surface area contributed by atoms with Gasteiger partial charge in [-0.2, -0.15) is 13.2 Å². The Morgan fingerprint density at radius 2 is 2.00 bits per heavy atom. The van der Waals surface area contributed by atoms with E-state index in [1.165, 1.54) is 6.07 Å². The second-order valence-corrected chi connectivity index (χ2v) is 9.44. The van der Waals surface area contributed by atoms with Gasteiger partial charge in [-0.3, -0.25) is 14.7 Å². The lowest BCUT2D eigenvalue weighted by molar-refractivity contribution is -0.137. The summed E-state index contributed by atoms with van der Waals surface area (Å²) in [5.41, 5.74) is -0.203. The zero-order chi connectivity index (χ0) is 23.6. The van der Waals surface area contributed by atoms with Gasteiger partial charge < -0.3 is 15.2 Å². The summed E-state index contributed by atoms with van der Waals surface area (Å²) in [6, 6.07) is 2.85. The van der Waals surface area contributed by atoms with Crippen LogP contribution in [0.4, 0.5) is 22.4 Å². The van der Waals surface area contributed by atoms with Gasteiger partial charge in [0.2, 0.25) is 0 Å². The maximum absolute atomic E-state index is 13.4. The van der Waals surface area contributed by atoms with Crippen molar-refractivity contribution < 1.29 is 32.2 Å². The number of piperidine rings is 1. The molecule has 1 amide bonds. The van der Waals surface area contributed by atoms with Crippen molar-refractivity contribution in [2.45, 2.75) is 44.4 Å². The summed E-state index contributed by atoms with van der Waals surface area (Å²) in [4.78, 5) is 19.2. The summed E-state index contributed by atoms with van der Waals surface area (Å²) < 4.78 is 57.3. The third-order valence-corrected chi connectivity index (χ3v) is 6.90. The van der Waals surface area contributed by atoms with Crippen LogP contribution >= 0.6 is 11.8 Å². The highest BCUT2D eigenvalue weighted by Gasteiger charge is 2.32. The summed E-state index contributed by atoms with van der Waals surface area (Å²) in [7, 11) is 0. The highest BCUT2D eigenvalue weighted by molar-refractivity contribution is 8.18. The molecule has 1 aromatic carbocycles. The monoisotopic (exact) mass is 487 g/mol. The van der Waals surface area contributed by atoms with E-state index in [4.69, 9.17) is 4.74 Å². The van der Waals surface area contributed by atoms with Crippen LogP contribution in [0.3, 0.4) is 0 Å². The van der Waals surface area contributed by atoms with E-state index in [0.29, 0.717) is 37.6 Å². The molecule has 33 heavy (non-hydrogen) atoms. The summed E-state index contributed by atoms with van der Waals surface area (Å²) in [6.45, 7) is 1.39. The molecular formula is C22H25F4N3O3S. The number of aliphatic hydroxyl groups excluding tert-OH is 1. The van der Waals surface area contributed by atoms with Gasteiger partial charge in [0.05, 0.1) is 23.7 Å². The van der Waals surface area contributed by atoms with Crippen molar-refractivity contribution in [3.8, 4) is 0 Å². The Kier molecular flexibility index (Phi) is 7.42. The van der Waals surface area contributed by atoms with Gasteiger partial charge in [0.25, 0.3) is 5.24 Å². The number of carbonyl (C=O) groups excluding carboxylic acids is 1. The molecule has 3 saturated heterocycles. The molecule has 0 spiro atoms. The maximum atomic E-state index is 13.4. The third-order valence-electron chi connectivity index (χ3n) is 6.06. The quantitative estimate of drug-likeness (QED) is 0.617. The molecule has 2 N–H and O–H groups in total. The zero-order valence-corrected chi connectivity index (χ0v) is 18.6. The maximum Gasteiger partial charge on any atom is 0.416 e. The molecule has 0 saturated carbocycles. The number of thioether (sulfide) groups is 1. The Morgan fingerprint density at radius 3 is 2.64 bits per heavy atom. The predicted molar refractivity (Wildman–Crippen MR) is 117 cm³/mol. The van der Waals surface area contributed by atoms with Gasteiger partial charge in [-0.05, 0) is 66.9 Å². The van der Waals surface area contributed by atoms with E-state index in [-0.39, 0.29) is 23.3 Å². The fourth-order valence-electron chi connectivity index (χ4n) is 4.18. The van der Waals surface area contributed by atoms with Crippen molar-refractivity contribution in [2.24, 2.45) is 10.9 Å². The third kappa shape index (κ3) is 5.95. The Morgan fingerprint density at radius 1 is 1.24 bits per heavy atom. The van der Waals surface area contributed by atoms with Crippen molar-refractivity contribution >= 4 is 22.8 Å². The van der Waals surface area contributed by atoms with Gasteiger partial charge in [0.1, 0.15) is 24.7 Å².